The number of Topliss-reactive ketones (excluding diaryl/α,β-unsaturated/α-hetero) is 1. The minimum Gasteiger partial charge on any atom is -0.461 e. The van der Waals surface area contributed by atoms with E-state index >= 15 is 0 Å². The monoisotopic (exact) mass is 243 g/mol. The Morgan fingerprint density at radius 2 is 1.94 bits per heavy atom. The van der Waals surface area contributed by atoms with Crippen LogP contribution in [0.15, 0.2) is 47.1 Å². The van der Waals surface area contributed by atoms with E-state index in [-0.39, 0.29) is 5.78 Å². The molecule has 0 saturated carbocycles. The molecule has 3 heteroatoms. The van der Waals surface area contributed by atoms with E-state index in [0.717, 1.165) is 12.2 Å². The summed E-state index contributed by atoms with van der Waals surface area (Å²) in [5.74, 6) is 0.419. The molecule has 0 fully saturated rings. The number of ketones is 1. The second kappa shape index (κ2) is 5.54. The van der Waals surface area contributed by atoms with Gasteiger partial charge in [0.15, 0.2) is 5.76 Å². The maximum Gasteiger partial charge on any atom is 0.217 e. The SMILES string of the molecule is CCN(CC(=O)c1ccco1)c1ccc(C)cc1. The topological polar surface area (TPSA) is 33.5 Å². The van der Waals surface area contributed by atoms with Gasteiger partial charge in [-0.15, -0.1) is 0 Å². The van der Waals surface area contributed by atoms with Crippen molar-refractivity contribution in [3.8, 4) is 0 Å². The number of hydrogen-bond acceptors (Lipinski definition) is 3. The smallest absolute Gasteiger partial charge is 0.217 e. The largest absolute Gasteiger partial charge is 0.461 e. The predicted octanol–water partition coefficient (Wildman–Crippen LogP) is 3.30. The fourth-order valence-electron chi connectivity index (χ4n) is 1.83. The normalized spacial score (nSPS) is 10.3. The molecule has 3 nitrogen and oxygen atoms in total. The van der Waals surface area contributed by atoms with Gasteiger partial charge in [0.2, 0.25) is 5.78 Å². The number of nitrogens with zero attached hydrogens (tertiary/aromatic N) is 1. The van der Waals surface area contributed by atoms with E-state index in [1.165, 1.54) is 11.8 Å². The van der Waals surface area contributed by atoms with Crippen molar-refractivity contribution in [2.75, 3.05) is 18.0 Å². The number of carbonyl (C=O) groups excluding carboxylic acids is 1. The molecular formula is C15H17NO2. The molecule has 0 N–H and O–H groups in total. The van der Waals surface area contributed by atoms with Crippen LogP contribution in [0.25, 0.3) is 0 Å². The highest BCUT2D eigenvalue weighted by atomic mass is 16.3. The lowest BCUT2D eigenvalue weighted by Gasteiger charge is -2.21. The van der Waals surface area contributed by atoms with E-state index in [0.29, 0.717) is 12.3 Å². The van der Waals surface area contributed by atoms with Crippen molar-refractivity contribution >= 4 is 11.5 Å². The first-order valence-electron chi connectivity index (χ1n) is 6.09. The van der Waals surface area contributed by atoms with Crippen molar-refractivity contribution in [1.29, 1.82) is 0 Å². The zero-order valence-electron chi connectivity index (χ0n) is 10.7. The van der Waals surface area contributed by atoms with Gasteiger partial charge in [0.05, 0.1) is 12.8 Å². The molecule has 0 aliphatic rings. The molecule has 94 valence electrons. The minimum absolute atomic E-state index is 0.00225. The van der Waals surface area contributed by atoms with Crippen molar-refractivity contribution in [2.24, 2.45) is 0 Å². The molecule has 0 aliphatic heterocycles. The second-order valence-corrected chi connectivity index (χ2v) is 4.25. The predicted molar refractivity (Wildman–Crippen MR) is 72.1 cm³/mol. The maximum absolute atomic E-state index is 12.0. The van der Waals surface area contributed by atoms with Crippen LogP contribution in [0.5, 0.6) is 0 Å². The van der Waals surface area contributed by atoms with Crippen LogP contribution >= 0.6 is 0 Å². The van der Waals surface area contributed by atoms with E-state index in [1.807, 2.05) is 30.9 Å². The summed E-state index contributed by atoms with van der Waals surface area (Å²) in [6.07, 6.45) is 1.52. The number of anilines is 1. The summed E-state index contributed by atoms with van der Waals surface area (Å²) in [6, 6.07) is 11.6. The summed E-state index contributed by atoms with van der Waals surface area (Å²) in [6.45, 7) is 5.21. The first-order valence-corrected chi connectivity index (χ1v) is 6.09. The fraction of sp³-hybridized carbons (Fsp3) is 0.267. The summed E-state index contributed by atoms with van der Waals surface area (Å²) in [5, 5.41) is 0. The van der Waals surface area contributed by atoms with Crippen LogP contribution in [0.4, 0.5) is 5.69 Å². The Bertz CT molecular complexity index is 500. The van der Waals surface area contributed by atoms with Gasteiger partial charge >= 0.3 is 0 Å². The summed E-state index contributed by atoms with van der Waals surface area (Å²) >= 11 is 0. The van der Waals surface area contributed by atoms with E-state index in [2.05, 4.69) is 12.1 Å². The summed E-state index contributed by atoms with van der Waals surface area (Å²) in [5.41, 5.74) is 2.27. The second-order valence-electron chi connectivity index (χ2n) is 4.25. The average Bonchev–Trinajstić information content (AvgIpc) is 2.91. The molecule has 0 atom stereocenters. The summed E-state index contributed by atoms with van der Waals surface area (Å²) in [7, 11) is 0. The summed E-state index contributed by atoms with van der Waals surface area (Å²) in [4.78, 5) is 14.0. The van der Waals surface area contributed by atoms with E-state index < -0.39 is 0 Å². The number of furan rings is 1. The van der Waals surface area contributed by atoms with Gasteiger partial charge in [0.1, 0.15) is 0 Å². The van der Waals surface area contributed by atoms with Crippen LogP contribution in [0.2, 0.25) is 0 Å². The van der Waals surface area contributed by atoms with Crippen LogP contribution < -0.4 is 4.90 Å². The Morgan fingerprint density at radius 3 is 2.50 bits per heavy atom. The molecule has 1 heterocycles. The zero-order chi connectivity index (χ0) is 13.0. The van der Waals surface area contributed by atoms with Crippen LogP contribution in [0, 0.1) is 6.92 Å². The number of carbonyl (C=O) groups is 1. The van der Waals surface area contributed by atoms with Crippen molar-refractivity contribution in [2.45, 2.75) is 13.8 Å². The molecule has 1 aromatic carbocycles. The maximum atomic E-state index is 12.0. The number of likely N-dealkylation sites (N-methyl/N-ethyl adjacent to an activating group) is 1. The lowest BCUT2D eigenvalue weighted by Crippen LogP contribution is -2.29. The highest BCUT2D eigenvalue weighted by Crippen LogP contribution is 2.15. The highest BCUT2D eigenvalue weighted by molar-refractivity contribution is 5.96. The first-order chi connectivity index (χ1) is 8.70. The molecule has 0 aliphatic carbocycles. The van der Waals surface area contributed by atoms with Gasteiger partial charge in [-0.3, -0.25) is 4.79 Å². The lowest BCUT2D eigenvalue weighted by atomic mass is 10.2. The molecule has 18 heavy (non-hydrogen) atoms. The number of rotatable bonds is 5. The quantitative estimate of drug-likeness (QED) is 0.755. The zero-order valence-corrected chi connectivity index (χ0v) is 10.7. The molecule has 0 bridgehead atoms. The third kappa shape index (κ3) is 2.80. The molecule has 2 aromatic rings. The number of aryl methyl sites for hydroxylation is 1. The van der Waals surface area contributed by atoms with Crippen LogP contribution in [-0.4, -0.2) is 18.9 Å². The van der Waals surface area contributed by atoms with E-state index in [4.69, 9.17) is 4.42 Å². The van der Waals surface area contributed by atoms with Crippen LogP contribution in [0.1, 0.15) is 23.0 Å². The third-order valence-electron chi connectivity index (χ3n) is 2.91. The van der Waals surface area contributed by atoms with Gasteiger partial charge in [-0.1, -0.05) is 17.7 Å². The molecule has 1 aromatic heterocycles. The Kier molecular flexibility index (Phi) is 3.82. The van der Waals surface area contributed by atoms with Crippen molar-refractivity contribution < 1.29 is 9.21 Å². The molecule has 0 unspecified atom stereocenters. The molecule has 0 amide bonds. The van der Waals surface area contributed by atoms with Crippen molar-refractivity contribution in [3.63, 3.8) is 0 Å². The Labute approximate surface area is 107 Å². The average molecular weight is 243 g/mol. The Hall–Kier alpha value is -2.03. The molecule has 2 rings (SSSR count). The van der Waals surface area contributed by atoms with E-state index in [1.54, 1.807) is 12.1 Å². The van der Waals surface area contributed by atoms with Crippen LogP contribution in [-0.2, 0) is 0 Å². The van der Waals surface area contributed by atoms with Gasteiger partial charge < -0.3 is 9.32 Å². The molecule has 0 saturated heterocycles. The lowest BCUT2D eigenvalue weighted by molar-refractivity contribution is 0.0973. The Morgan fingerprint density at radius 1 is 1.22 bits per heavy atom. The van der Waals surface area contributed by atoms with Crippen molar-refractivity contribution in [3.05, 3.63) is 54.0 Å². The fourth-order valence-corrected chi connectivity index (χ4v) is 1.83. The van der Waals surface area contributed by atoms with Gasteiger partial charge in [0, 0.05) is 12.2 Å². The first kappa shape index (κ1) is 12.4. The summed E-state index contributed by atoms with van der Waals surface area (Å²) < 4.78 is 5.12. The third-order valence-corrected chi connectivity index (χ3v) is 2.91. The van der Waals surface area contributed by atoms with Gasteiger partial charge in [-0.2, -0.15) is 0 Å². The highest BCUT2D eigenvalue weighted by Gasteiger charge is 2.13. The Balaban J connectivity index is 2.10. The van der Waals surface area contributed by atoms with Crippen LogP contribution in [0.3, 0.4) is 0 Å². The van der Waals surface area contributed by atoms with Gasteiger partial charge in [-0.25, -0.2) is 0 Å². The number of benzene rings is 1. The minimum atomic E-state index is 0.00225. The molecule has 0 radical (unpaired) electrons. The van der Waals surface area contributed by atoms with Gasteiger partial charge in [0.25, 0.3) is 0 Å². The number of hydrogen-bond donors (Lipinski definition) is 0. The van der Waals surface area contributed by atoms with Gasteiger partial charge in [-0.05, 0) is 38.1 Å². The molecular weight excluding hydrogens is 226 g/mol. The molecule has 0 spiro atoms. The van der Waals surface area contributed by atoms with E-state index in [9.17, 15) is 4.79 Å². The van der Waals surface area contributed by atoms with Crippen molar-refractivity contribution in [1.82, 2.24) is 0 Å². The standard InChI is InChI=1S/C15H17NO2/c1-3-16(13-8-6-12(2)7-9-13)11-14(17)15-5-4-10-18-15/h4-10H,3,11H2,1-2H3.